The molecule has 1 aromatic rings. The number of halogens is 4. The number of hydrogen-bond acceptors (Lipinski definition) is 2. The summed E-state index contributed by atoms with van der Waals surface area (Å²) in [6.07, 6.45) is -5.11. The van der Waals surface area contributed by atoms with Crippen LogP contribution in [0.5, 0.6) is 0 Å². The molecule has 0 atom stereocenters. The third kappa shape index (κ3) is 2.87. The lowest BCUT2D eigenvalue weighted by Crippen LogP contribution is -2.13. The monoisotopic (exact) mass is 213 g/mol. The Morgan fingerprint density at radius 1 is 1.38 bits per heavy atom. The van der Waals surface area contributed by atoms with E-state index in [9.17, 15) is 13.2 Å². The minimum Gasteiger partial charge on any atom is -0.302 e. The lowest BCUT2D eigenvalue weighted by atomic mass is 10.4. The quantitative estimate of drug-likeness (QED) is 0.754. The molecule has 0 aliphatic rings. The minimum atomic E-state index is -4.18. The molecule has 0 aromatic carbocycles. The van der Waals surface area contributed by atoms with Gasteiger partial charge in [-0.3, -0.25) is 0 Å². The van der Waals surface area contributed by atoms with E-state index in [0.717, 1.165) is 0 Å². The third-order valence-electron chi connectivity index (χ3n) is 1.51. The van der Waals surface area contributed by atoms with E-state index in [2.05, 4.69) is 10.2 Å². The van der Waals surface area contributed by atoms with Crippen molar-refractivity contribution < 1.29 is 13.2 Å². The third-order valence-corrected chi connectivity index (χ3v) is 1.79. The fourth-order valence-electron chi connectivity index (χ4n) is 0.848. The van der Waals surface area contributed by atoms with E-state index in [-0.39, 0.29) is 11.8 Å². The van der Waals surface area contributed by atoms with Crippen molar-refractivity contribution in [1.82, 2.24) is 14.8 Å². The second-order valence-corrected chi connectivity index (χ2v) is 2.87. The van der Waals surface area contributed by atoms with Crippen LogP contribution in [0.15, 0.2) is 0 Å². The summed E-state index contributed by atoms with van der Waals surface area (Å²) >= 11 is 5.50. The van der Waals surface area contributed by atoms with Crippen LogP contribution in [0.25, 0.3) is 0 Å². The molecular weight excluding hydrogens is 207 g/mol. The van der Waals surface area contributed by atoms with Gasteiger partial charge in [-0.25, -0.2) is 0 Å². The largest absolute Gasteiger partial charge is 0.390 e. The second-order valence-electron chi connectivity index (χ2n) is 2.53. The summed E-state index contributed by atoms with van der Waals surface area (Å²) in [5.41, 5.74) is 0. The van der Waals surface area contributed by atoms with Gasteiger partial charge in [0.2, 0.25) is 5.28 Å². The fraction of sp³-hybridized carbons (Fsp3) is 0.667. The lowest BCUT2D eigenvalue weighted by molar-refractivity contribution is -0.136. The van der Waals surface area contributed by atoms with Crippen molar-refractivity contribution in [2.24, 2.45) is 0 Å². The van der Waals surface area contributed by atoms with Gasteiger partial charge in [-0.05, 0) is 18.5 Å². The molecule has 3 nitrogen and oxygen atoms in total. The number of rotatable bonds is 2. The molecule has 0 radical (unpaired) electrons. The van der Waals surface area contributed by atoms with E-state index in [1.165, 1.54) is 4.57 Å². The summed E-state index contributed by atoms with van der Waals surface area (Å²) in [7, 11) is 0. The van der Waals surface area contributed by atoms with E-state index in [4.69, 9.17) is 11.6 Å². The molecule has 0 amide bonds. The van der Waals surface area contributed by atoms with Gasteiger partial charge in [-0.15, -0.1) is 10.2 Å². The Morgan fingerprint density at radius 3 is 2.38 bits per heavy atom. The molecule has 0 aliphatic heterocycles. The van der Waals surface area contributed by atoms with E-state index < -0.39 is 12.6 Å². The summed E-state index contributed by atoms with van der Waals surface area (Å²) in [5.74, 6) is 0.384. The van der Waals surface area contributed by atoms with Crippen LogP contribution in [-0.4, -0.2) is 20.9 Å². The predicted molar refractivity (Wildman–Crippen MR) is 40.4 cm³/mol. The average Bonchev–Trinajstić information content (AvgIpc) is 2.27. The molecule has 1 heterocycles. The maximum atomic E-state index is 11.8. The molecule has 0 spiro atoms. The molecule has 74 valence electrons. The van der Waals surface area contributed by atoms with Crippen LogP contribution in [0.3, 0.4) is 0 Å². The molecule has 0 N–H and O–H groups in total. The van der Waals surface area contributed by atoms with Crippen LogP contribution in [-0.2, 0) is 6.54 Å². The molecule has 13 heavy (non-hydrogen) atoms. The maximum absolute atomic E-state index is 11.8. The Morgan fingerprint density at radius 2 is 2.00 bits per heavy atom. The summed E-state index contributed by atoms with van der Waals surface area (Å²) in [4.78, 5) is 0. The van der Waals surface area contributed by atoms with Crippen molar-refractivity contribution >= 4 is 11.6 Å². The fourth-order valence-corrected chi connectivity index (χ4v) is 1.09. The molecule has 1 rings (SSSR count). The van der Waals surface area contributed by atoms with Crippen LogP contribution in [0.4, 0.5) is 13.2 Å². The Balaban J connectivity index is 2.64. The normalized spacial score (nSPS) is 12.1. The Labute approximate surface area is 77.5 Å². The van der Waals surface area contributed by atoms with Crippen LogP contribution in [0.1, 0.15) is 12.2 Å². The Bertz CT molecular complexity index is 274. The average molecular weight is 214 g/mol. The summed E-state index contributed by atoms with van der Waals surface area (Å²) < 4.78 is 36.7. The van der Waals surface area contributed by atoms with Gasteiger partial charge in [-0.2, -0.15) is 13.2 Å². The van der Waals surface area contributed by atoms with Gasteiger partial charge in [0.1, 0.15) is 5.82 Å². The second kappa shape index (κ2) is 3.53. The van der Waals surface area contributed by atoms with E-state index in [1.807, 2.05) is 0 Å². The van der Waals surface area contributed by atoms with Gasteiger partial charge in [0.15, 0.2) is 0 Å². The molecule has 0 saturated heterocycles. The molecule has 0 saturated carbocycles. The minimum absolute atomic E-state index is 0.0123. The van der Waals surface area contributed by atoms with Crippen molar-refractivity contribution in [3.8, 4) is 0 Å². The smallest absolute Gasteiger partial charge is 0.302 e. The van der Waals surface area contributed by atoms with Crippen LogP contribution >= 0.6 is 11.6 Å². The number of aromatic nitrogens is 3. The highest BCUT2D eigenvalue weighted by atomic mass is 35.5. The zero-order chi connectivity index (χ0) is 10.1. The van der Waals surface area contributed by atoms with Crippen molar-refractivity contribution in [2.45, 2.75) is 26.1 Å². The topological polar surface area (TPSA) is 30.7 Å². The van der Waals surface area contributed by atoms with Gasteiger partial charge in [0, 0.05) is 6.54 Å². The van der Waals surface area contributed by atoms with Crippen molar-refractivity contribution in [3.05, 3.63) is 11.1 Å². The van der Waals surface area contributed by atoms with Crippen LogP contribution in [0.2, 0.25) is 5.28 Å². The zero-order valence-electron chi connectivity index (χ0n) is 6.77. The molecule has 7 heteroatoms. The Kier molecular flexibility index (Phi) is 2.80. The van der Waals surface area contributed by atoms with Crippen molar-refractivity contribution in [3.63, 3.8) is 0 Å². The molecule has 0 unspecified atom stereocenters. The highest BCUT2D eigenvalue weighted by Gasteiger charge is 2.27. The molecular formula is C6H7ClF3N3. The standard InChI is InChI=1S/C6H7ClF3N3/c1-4-11-12-5(7)13(4)3-2-6(8,9)10/h2-3H2,1H3. The molecule has 0 bridgehead atoms. The zero-order valence-corrected chi connectivity index (χ0v) is 7.52. The number of alkyl halides is 3. The van der Waals surface area contributed by atoms with Gasteiger partial charge in [-0.1, -0.05) is 0 Å². The molecule has 0 aliphatic carbocycles. The van der Waals surface area contributed by atoms with Gasteiger partial charge < -0.3 is 4.57 Å². The van der Waals surface area contributed by atoms with Crippen LogP contribution in [0, 0.1) is 6.92 Å². The number of nitrogens with zero attached hydrogens (tertiary/aromatic N) is 3. The first kappa shape index (κ1) is 10.3. The van der Waals surface area contributed by atoms with E-state index in [1.54, 1.807) is 6.92 Å². The van der Waals surface area contributed by atoms with Gasteiger partial charge >= 0.3 is 6.18 Å². The van der Waals surface area contributed by atoms with Gasteiger partial charge in [0.25, 0.3) is 0 Å². The van der Waals surface area contributed by atoms with Crippen molar-refractivity contribution in [1.29, 1.82) is 0 Å². The first-order valence-corrected chi connectivity index (χ1v) is 3.90. The summed E-state index contributed by atoms with van der Waals surface area (Å²) in [5, 5.41) is 6.95. The predicted octanol–water partition coefficient (Wildman–Crippen LogP) is 2.19. The molecule has 1 aromatic heterocycles. The summed E-state index contributed by atoms with van der Waals surface area (Å²) in [6, 6.07) is 0. The van der Waals surface area contributed by atoms with E-state index in [0.29, 0.717) is 5.82 Å². The highest BCUT2D eigenvalue weighted by molar-refractivity contribution is 6.28. The first-order valence-electron chi connectivity index (χ1n) is 3.52. The lowest BCUT2D eigenvalue weighted by Gasteiger charge is -2.07. The van der Waals surface area contributed by atoms with Crippen LogP contribution < -0.4 is 0 Å². The number of hydrogen-bond donors (Lipinski definition) is 0. The molecule has 0 fully saturated rings. The van der Waals surface area contributed by atoms with Gasteiger partial charge in [0.05, 0.1) is 6.42 Å². The highest BCUT2D eigenvalue weighted by Crippen LogP contribution is 2.21. The Hall–Kier alpha value is -0.780. The SMILES string of the molecule is Cc1nnc(Cl)n1CCC(F)(F)F. The van der Waals surface area contributed by atoms with E-state index >= 15 is 0 Å². The van der Waals surface area contributed by atoms with Crippen molar-refractivity contribution in [2.75, 3.05) is 0 Å². The number of aryl methyl sites for hydroxylation is 1. The maximum Gasteiger partial charge on any atom is 0.390 e. The first-order chi connectivity index (χ1) is 5.90. The summed E-state index contributed by atoms with van der Waals surface area (Å²) in [6.45, 7) is 1.32.